The molecule has 0 aliphatic carbocycles. The molecule has 0 saturated heterocycles. The molecule has 0 unspecified atom stereocenters. The number of oxime groups is 1. The maximum atomic E-state index is 13.9. The summed E-state index contributed by atoms with van der Waals surface area (Å²) < 4.78 is 18.4. The van der Waals surface area contributed by atoms with Crippen LogP contribution in [-0.2, 0) is 15.3 Å². The number of esters is 1. The molecule has 1 aromatic rings. The number of methoxy groups -OCH3 is 1. The lowest BCUT2D eigenvalue weighted by Gasteiger charge is -2.13. The summed E-state index contributed by atoms with van der Waals surface area (Å²) in [6, 6.07) is 4.34. The number of carbonyl (C=O) groups is 1. The van der Waals surface area contributed by atoms with Crippen LogP contribution in [0, 0.1) is 5.82 Å². The second-order valence-electron chi connectivity index (χ2n) is 5.10. The Morgan fingerprint density at radius 3 is 2.85 bits per heavy atom. The quantitative estimate of drug-likeness (QED) is 0.803. The van der Waals surface area contributed by atoms with Crippen molar-refractivity contribution in [3.05, 3.63) is 35.1 Å². The van der Waals surface area contributed by atoms with Gasteiger partial charge in [0.25, 0.3) is 0 Å². The number of halogens is 1. The van der Waals surface area contributed by atoms with E-state index in [1.54, 1.807) is 12.1 Å². The summed E-state index contributed by atoms with van der Waals surface area (Å²) in [6.45, 7) is 3.91. The predicted octanol–water partition coefficient (Wildman–Crippen LogP) is 3.36. The lowest BCUT2D eigenvalue weighted by molar-refractivity contribution is 0.0123. The number of rotatable bonds is 3. The molecule has 0 atom stereocenters. The van der Waals surface area contributed by atoms with Crippen molar-refractivity contribution >= 4 is 22.8 Å². The van der Waals surface area contributed by atoms with Gasteiger partial charge in [0, 0.05) is 12.2 Å². The number of hydrogen-bond acceptors (Lipinski definition) is 5. The van der Waals surface area contributed by atoms with E-state index < -0.39 is 11.8 Å². The molecular weight excluding hydrogens is 281 g/mol. The first-order chi connectivity index (χ1) is 9.41. The lowest BCUT2D eigenvalue weighted by atomic mass is 10.1. The van der Waals surface area contributed by atoms with Crippen molar-refractivity contribution in [2.24, 2.45) is 5.16 Å². The minimum Gasteiger partial charge on any atom is -0.465 e. The molecule has 0 aromatic heterocycles. The summed E-state index contributed by atoms with van der Waals surface area (Å²) in [5, 5.41) is 4.83. The minimum absolute atomic E-state index is 0.210. The monoisotopic (exact) mass is 297 g/mol. The molecule has 1 aliphatic rings. The summed E-state index contributed by atoms with van der Waals surface area (Å²) in [5.41, 5.74) is 0.451. The number of ether oxygens (including phenoxy) is 1. The normalized spacial score (nSPS) is 16.5. The van der Waals surface area contributed by atoms with Crippen molar-refractivity contribution in [1.82, 2.24) is 0 Å². The van der Waals surface area contributed by atoms with E-state index in [2.05, 4.69) is 9.89 Å². The van der Waals surface area contributed by atoms with Crippen molar-refractivity contribution in [1.29, 1.82) is 0 Å². The minimum atomic E-state index is -0.543. The van der Waals surface area contributed by atoms with Crippen molar-refractivity contribution < 1.29 is 18.8 Å². The number of benzene rings is 1. The standard InChI is InChI=1S/C14H16FNO3S/c1-14(2)7-12(16-19-14)20-8-10-5-4-9(6-11(10)15)13(17)18-3/h4-6H,7-8H2,1-3H3. The van der Waals surface area contributed by atoms with Crippen LogP contribution in [-0.4, -0.2) is 23.7 Å². The molecule has 0 bridgehead atoms. The average Bonchev–Trinajstić information content (AvgIpc) is 2.76. The molecule has 20 heavy (non-hydrogen) atoms. The second-order valence-corrected chi connectivity index (χ2v) is 6.15. The highest BCUT2D eigenvalue weighted by atomic mass is 32.2. The molecule has 108 valence electrons. The van der Waals surface area contributed by atoms with Crippen LogP contribution < -0.4 is 0 Å². The zero-order valence-corrected chi connectivity index (χ0v) is 12.4. The Bertz CT molecular complexity index is 557. The van der Waals surface area contributed by atoms with E-state index in [1.165, 1.54) is 24.9 Å². The summed E-state index contributed by atoms with van der Waals surface area (Å²) in [7, 11) is 1.27. The zero-order valence-electron chi connectivity index (χ0n) is 11.6. The molecule has 0 radical (unpaired) electrons. The predicted molar refractivity (Wildman–Crippen MR) is 76.3 cm³/mol. The molecule has 0 fully saturated rings. The van der Waals surface area contributed by atoms with Gasteiger partial charge in [0.1, 0.15) is 16.5 Å². The highest BCUT2D eigenvalue weighted by Gasteiger charge is 2.29. The number of nitrogens with zero attached hydrogens (tertiary/aromatic N) is 1. The Labute approximate surface area is 121 Å². The van der Waals surface area contributed by atoms with Gasteiger partial charge in [0.2, 0.25) is 0 Å². The van der Waals surface area contributed by atoms with Crippen molar-refractivity contribution in [3.63, 3.8) is 0 Å². The van der Waals surface area contributed by atoms with E-state index in [0.29, 0.717) is 11.3 Å². The Hall–Kier alpha value is -1.56. The summed E-state index contributed by atoms with van der Waals surface area (Å²) in [6.07, 6.45) is 0.722. The van der Waals surface area contributed by atoms with Gasteiger partial charge < -0.3 is 9.57 Å². The Kier molecular flexibility index (Phi) is 4.32. The van der Waals surface area contributed by atoms with Gasteiger partial charge in [0.15, 0.2) is 0 Å². The van der Waals surface area contributed by atoms with Crippen LogP contribution in [0.4, 0.5) is 4.39 Å². The van der Waals surface area contributed by atoms with Gasteiger partial charge in [-0.25, -0.2) is 9.18 Å². The van der Waals surface area contributed by atoms with Crippen LogP contribution in [0.25, 0.3) is 0 Å². The smallest absolute Gasteiger partial charge is 0.337 e. The van der Waals surface area contributed by atoms with Gasteiger partial charge in [-0.15, -0.1) is 11.8 Å². The molecule has 6 heteroatoms. The van der Waals surface area contributed by atoms with Crippen LogP contribution in [0.1, 0.15) is 36.2 Å². The topological polar surface area (TPSA) is 47.9 Å². The Morgan fingerprint density at radius 2 is 2.30 bits per heavy atom. The highest BCUT2D eigenvalue weighted by Crippen LogP contribution is 2.29. The molecule has 2 rings (SSSR count). The van der Waals surface area contributed by atoms with Gasteiger partial charge in [0.05, 0.1) is 12.7 Å². The first-order valence-electron chi connectivity index (χ1n) is 6.16. The fourth-order valence-corrected chi connectivity index (χ4v) is 2.85. The third kappa shape index (κ3) is 3.50. The number of carbonyl (C=O) groups excluding carboxylic acids is 1. The van der Waals surface area contributed by atoms with E-state index in [1.807, 2.05) is 13.8 Å². The molecule has 0 spiro atoms. The fourth-order valence-electron chi connectivity index (χ4n) is 1.75. The van der Waals surface area contributed by atoms with E-state index in [9.17, 15) is 9.18 Å². The van der Waals surface area contributed by atoms with Gasteiger partial charge in [-0.3, -0.25) is 0 Å². The molecule has 1 heterocycles. The van der Waals surface area contributed by atoms with Crippen LogP contribution in [0.2, 0.25) is 0 Å². The molecule has 0 N–H and O–H groups in total. The van der Waals surface area contributed by atoms with Crippen LogP contribution in [0.15, 0.2) is 23.4 Å². The first-order valence-corrected chi connectivity index (χ1v) is 7.14. The number of thioether (sulfide) groups is 1. The molecule has 1 aromatic carbocycles. The largest absolute Gasteiger partial charge is 0.465 e. The van der Waals surface area contributed by atoms with Crippen molar-refractivity contribution in [2.75, 3.05) is 7.11 Å². The van der Waals surface area contributed by atoms with E-state index in [4.69, 9.17) is 4.84 Å². The maximum absolute atomic E-state index is 13.9. The van der Waals surface area contributed by atoms with E-state index in [-0.39, 0.29) is 11.2 Å². The second kappa shape index (κ2) is 5.83. The summed E-state index contributed by atoms with van der Waals surface area (Å²) in [5.74, 6) is -0.511. The third-order valence-electron chi connectivity index (χ3n) is 2.84. The summed E-state index contributed by atoms with van der Waals surface area (Å²) >= 11 is 1.44. The highest BCUT2D eigenvalue weighted by molar-refractivity contribution is 8.13. The summed E-state index contributed by atoms with van der Waals surface area (Å²) in [4.78, 5) is 16.5. The third-order valence-corrected chi connectivity index (χ3v) is 3.85. The Balaban J connectivity index is 1.99. The van der Waals surface area contributed by atoms with Gasteiger partial charge >= 0.3 is 5.97 Å². The molecule has 0 amide bonds. The van der Waals surface area contributed by atoms with E-state index >= 15 is 0 Å². The van der Waals surface area contributed by atoms with Crippen LogP contribution in [0.3, 0.4) is 0 Å². The van der Waals surface area contributed by atoms with Gasteiger partial charge in [-0.2, -0.15) is 0 Å². The molecule has 4 nitrogen and oxygen atoms in total. The van der Waals surface area contributed by atoms with Crippen molar-refractivity contribution in [2.45, 2.75) is 31.6 Å². The van der Waals surface area contributed by atoms with E-state index in [0.717, 1.165) is 11.5 Å². The van der Waals surface area contributed by atoms with Crippen LogP contribution in [0.5, 0.6) is 0 Å². The maximum Gasteiger partial charge on any atom is 0.337 e. The average molecular weight is 297 g/mol. The molecule has 1 aliphatic heterocycles. The van der Waals surface area contributed by atoms with Gasteiger partial charge in [-0.05, 0) is 31.5 Å². The lowest BCUT2D eigenvalue weighted by Crippen LogP contribution is -2.18. The Morgan fingerprint density at radius 1 is 1.55 bits per heavy atom. The van der Waals surface area contributed by atoms with Crippen molar-refractivity contribution in [3.8, 4) is 0 Å². The first kappa shape index (κ1) is 14.8. The number of hydrogen-bond donors (Lipinski definition) is 0. The van der Waals surface area contributed by atoms with Crippen LogP contribution >= 0.6 is 11.8 Å². The van der Waals surface area contributed by atoms with Gasteiger partial charge in [-0.1, -0.05) is 11.2 Å². The molecule has 0 saturated carbocycles. The fraction of sp³-hybridized carbons (Fsp3) is 0.429. The SMILES string of the molecule is COC(=O)c1ccc(CSC2=NOC(C)(C)C2)c(F)c1. The zero-order chi connectivity index (χ0) is 14.8. The molecular formula is C14H16FNO3S.